The van der Waals surface area contributed by atoms with Gasteiger partial charge in [-0.1, -0.05) is 42.3 Å². The van der Waals surface area contributed by atoms with E-state index in [-0.39, 0.29) is 0 Å². The van der Waals surface area contributed by atoms with E-state index in [4.69, 9.17) is 23.2 Å². The van der Waals surface area contributed by atoms with Crippen molar-refractivity contribution in [2.45, 2.75) is 13.3 Å². The molecule has 0 unspecified atom stereocenters. The Labute approximate surface area is 144 Å². The van der Waals surface area contributed by atoms with Crippen LogP contribution in [0.1, 0.15) is 23.1 Å². The van der Waals surface area contributed by atoms with Gasteiger partial charge in [-0.2, -0.15) is 0 Å². The number of aldehydes is 1. The quantitative estimate of drug-likeness (QED) is 0.608. The summed E-state index contributed by atoms with van der Waals surface area (Å²) in [4.78, 5) is 15.9. The van der Waals surface area contributed by atoms with Gasteiger partial charge in [-0.3, -0.25) is 9.36 Å². The fourth-order valence-electron chi connectivity index (χ4n) is 2.60. The zero-order valence-electron chi connectivity index (χ0n) is 12.5. The average molecular weight is 345 g/mol. The number of imidazole rings is 1. The molecule has 0 aliphatic heterocycles. The molecule has 3 nitrogen and oxygen atoms in total. The summed E-state index contributed by atoms with van der Waals surface area (Å²) < 4.78 is 1.96. The van der Waals surface area contributed by atoms with Crippen LogP contribution in [0.3, 0.4) is 0 Å². The number of hydrogen-bond acceptors (Lipinski definition) is 2. The van der Waals surface area contributed by atoms with Crippen LogP contribution in [0.4, 0.5) is 0 Å². The minimum atomic E-state index is 0.428. The summed E-state index contributed by atoms with van der Waals surface area (Å²) in [5.41, 5.74) is 2.95. The number of carbonyl (C=O) groups is 1. The molecule has 0 N–H and O–H groups in total. The summed E-state index contributed by atoms with van der Waals surface area (Å²) in [6.07, 6.45) is 1.46. The third-order valence-electron chi connectivity index (χ3n) is 3.65. The van der Waals surface area contributed by atoms with Crippen molar-refractivity contribution in [3.8, 4) is 17.1 Å². The molecular weight excluding hydrogens is 331 g/mol. The Morgan fingerprint density at radius 3 is 2.39 bits per heavy atom. The second kappa shape index (κ2) is 6.57. The van der Waals surface area contributed by atoms with Crippen LogP contribution < -0.4 is 0 Å². The number of benzene rings is 2. The van der Waals surface area contributed by atoms with Crippen molar-refractivity contribution < 1.29 is 4.79 Å². The molecule has 0 radical (unpaired) electrons. The molecular formula is C18H14Cl2N2O. The van der Waals surface area contributed by atoms with Gasteiger partial charge < -0.3 is 0 Å². The molecule has 0 atom stereocenters. The zero-order valence-corrected chi connectivity index (χ0v) is 14.0. The van der Waals surface area contributed by atoms with Gasteiger partial charge in [-0.15, -0.1) is 0 Å². The molecule has 0 saturated carbocycles. The normalized spacial score (nSPS) is 10.7. The van der Waals surface area contributed by atoms with E-state index in [9.17, 15) is 4.79 Å². The Kier molecular flexibility index (Phi) is 4.51. The van der Waals surface area contributed by atoms with Crippen LogP contribution >= 0.6 is 23.2 Å². The second-order valence-electron chi connectivity index (χ2n) is 5.03. The van der Waals surface area contributed by atoms with Gasteiger partial charge >= 0.3 is 0 Å². The fourth-order valence-corrected chi connectivity index (χ4v) is 2.94. The molecule has 0 fully saturated rings. The minimum absolute atomic E-state index is 0.428. The number of halogens is 2. The minimum Gasteiger partial charge on any atom is -0.296 e. The lowest BCUT2D eigenvalue weighted by molar-refractivity contribution is 0.111. The number of rotatable bonds is 4. The first kappa shape index (κ1) is 15.8. The van der Waals surface area contributed by atoms with Crippen LogP contribution in [0.2, 0.25) is 10.0 Å². The molecule has 0 aliphatic carbocycles. The molecule has 0 aliphatic rings. The number of carbonyl (C=O) groups excluding carboxylic acids is 1. The van der Waals surface area contributed by atoms with Crippen LogP contribution in [-0.4, -0.2) is 15.8 Å². The van der Waals surface area contributed by atoms with Crippen LogP contribution in [0.25, 0.3) is 17.1 Å². The first-order valence-electron chi connectivity index (χ1n) is 7.23. The second-order valence-corrected chi connectivity index (χ2v) is 5.87. The van der Waals surface area contributed by atoms with Crippen molar-refractivity contribution in [3.05, 3.63) is 70.0 Å². The molecule has 0 bridgehead atoms. The summed E-state index contributed by atoms with van der Waals surface area (Å²) in [6.45, 7) is 1.99. The lowest BCUT2D eigenvalue weighted by atomic mass is 10.2. The monoisotopic (exact) mass is 344 g/mol. The van der Waals surface area contributed by atoms with E-state index < -0.39 is 0 Å². The Morgan fingerprint density at radius 2 is 1.78 bits per heavy atom. The molecule has 3 aromatic rings. The zero-order chi connectivity index (χ0) is 16.4. The average Bonchev–Trinajstić information content (AvgIpc) is 2.94. The molecule has 3 rings (SSSR count). The van der Waals surface area contributed by atoms with Crippen molar-refractivity contribution in [2.75, 3.05) is 0 Å². The van der Waals surface area contributed by atoms with Gasteiger partial charge in [0.25, 0.3) is 0 Å². The lowest BCUT2D eigenvalue weighted by Crippen LogP contribution is -2.03. The van der Waals surface area contributed by atoms with E-state index >= 15 is 0 Å². The molecule has 5 heteroatoms. The highest BCUT2D eigenvalue weighted by Crippen LogP contribution is 2.31. The molecule has 0 saturated heterocycles. The van der Waals surface area contributed by atoms with E-state index in [0.29, 0.717) is 28.0 Å². The third kappa shape index (κ3) is 2.90. The smallest absolute Gasteiger partial charge is 0.170 e. The summed E-state index contributed by atoms with van der Waals surface area (Å²) in [6, 6.07) is 14.9. The predicted octanol–water partition coefficient (Wildman–Crippen LogP) is 5.22. The molecule has 1 aromatic heterocycles. The van der Waals surface area contributed by atoms with Crippen molar-refractivity contribution in [1.82, 2.24) is 9.55 Å². The van der Waals surface area contributed by atoms with Crippen LogP contribution in [0.15, 0.2) is 48.5 Å². The first-order chi connectivity index (χ1) is 11.2. The van der Waals surface area contributed by atoms with Crippen LogP contribution in [0.5, 0.6) is 0 Å². The topological polar surface area (TPSA) is 34.9 Å². The van der Waals surface area contributed by atoms with Gasteiger partial charge in [-0.05, 0) is 42.8 Å². The van der Waals surface area contributed by atoms with Crippen molar-refractivity contribution >= 4 is 29.5 Å². The fraction of sp³-hybridized carbons (Fsp3) is 0.111. The first-order valence-corrected chi connectivity index (χ1v) is 7.99. The SMILES string of the molecule is CCc1c(C=O)nc(-c2ccccc2Cl)n1-c1ccc(Cl)cc1. The standard InChI is InChI=1S/C18H14Cl2N2O/c1-2-17-16(11-23)21-18(14-5-3-4-6-15(14)20)22(17)13-9-7-12(19)8-10-13/h3-11H,2H2,1H3. The molecule has 0 spiro atoms. The van der Waals surface area contributed by atoms with Gasteiger partial charge in [0.05, 0.1) is 10.7 Å². The largest absolute Gasteiger partial charge is 0.296 e. The van der Waals surface area contributed by atoms with E-state index in [2.05, 4.69) is 4.98 Å². The van der Waals surface area contributed by atoms with E-state index in [1.807, 2.05) is 60.0 Å². The van der Waals surface area contributed by atoms with Gasteiger partial charge in [0.15, 0.2) is 6.29 Å². The number of nitrogens with zero attached hydrogens (tertiary/aromatic N) is 2. The van der Waals surface area contributed by atoms with Crippen molar-refractivity contribution in [3.63, 3.8) is 0 Å². The summed E-state index contributed by atoms with van der Waals surface area (Å²) >= 11 is 12.3. The maximum absolute atomic E-state index is 11.4. The molecule has 116 valence electrons. The maximum atomic E-state index is 11.4. The van der Waals surface area contributed by atoms with Gasteiger partial charge in [-0.25, -0.2) is 4.98 Å². The van der Waals surface area contributed by atoms with Gasteiger partial charge in [0.2, 0.25) is 0 Å². The van der Waals surface area contributed by atoms with Gasteiger partial charge in [0, 0.05) is 16.3 Å². The van der Waals surface area contributed by atoms with E-state index in [1.54, 1.807) is 0 Å². The van der Waals surface area contributed by atoms with Gasteiger partial charge in [0.1, 0.15) is 11.5 Å². The Bertz CT molecular complexity index is 854. The highest BCUT2D eigenvalue weighted by molar-refractivity contribution is 6.33. The summed E-state index contributed by atoms with van der Waals surface area (Å²) in [5, 5.41) is 1.25. The van der Waals surface area contributed by atoms with Crippen molar-refractivity contribution in [2.24, 2.45) is 0 Å². The highest BCUT2D eigenvalue weighted by atomic mass is 35.5. The lowest BCUT2D eigenvalue weighted by Gasteiger charge is -2.12. The van der Waals surface area contributed by atoms with Crippen LogP contribution in [-0.2, 0) is 6.42 Å². The summed E-state index contributed by atoms with van der Waals surface area (Å²) in [7, 11) is 0. The third-order valence-corrected chi connectivity index (χ3v) is 4.23. The van der Waals surface area contributed by atoms with Crippen molar-refractivity contribution in [1.29, 1.82) is 0 Å². The Morgan fingerprint density at radius 1 is 1.09 bits per heavy atom. The number of hydrogen-bond donors (Lipinski definition) is 0. The molecule has 23 heavy (non-hydrogen) atoms. The maximum Gasteiger partial charge on any atom is 0.170 e. The summed E-state index contributed by atoms with van der Waals surface area (Å²) in [5.74, 6) is 0.650. The van der Waals surface area contributed by atoms with E-state index in [0.717, 1.165) is 23.2 Å². The Balaban J connectivity index is 2.32. The number of aromatic nitrogens is 2. The predicted molar refractivity (Wildman–Crippen MR) is 93.8 cm³/mol. The van der Waals surface area contributed by atoms with Crippen LogP contribution in [0, 0.1) is 0 Å². The van der Waals surface area contributed by atoms with E-state index in [1.165, 1.54) is 0 Å². The molecule has 2 aromatic carbocycles. The highest BCUT2D eigenvalue weighted by Gasteiger charge is 2.19. The Hall–Kier alpha value is -2.10. The molecule has 0 amide bonds. The molecule has 1 heterocycles.